The van der Waals surface area contributed by atoms with E-state index in [2.05, 4.69) is 25.3 Å². The van der Waals surface area contributed by atoms with Gasteiger partial charge in [0.1, 0.15) is 0 Å². The Hall–Kier alpha value is -1.81. The lowest BCUT2D eigenvalue weighted by Crippen LogP contribution is -2.08. The molecule has 2 rings (SSSR count). The first-order valence-corrected chi connectivity index (χ1v) is 8.13. The van der Waals surface area contributed by atoms with Gasteiger partial charge in [-0.3, -0.25) is 0 Å². The Morgan fingerprint density at radius 2 is 2.05 bits per heavy atom. The Labute approximate surface area is 131 Å². The topological polar surface area (TPSA) is 68.2 Å². The van der Waals surface area contributed by atoms with E-state index in [1.165, 1.54) is 16.8 Å². The molecule has 0 unspecified atom stereocenters. The molecule has 0 aliphatic carbocycles. The van der Waals surface area contributed by atoms with Crippen molar-refractivity contribution in [2.75, 3.05) is 6.54 Å². The highest BCUT2D eigenvalue weighted by Gasteiger charge is 2.18. The molecule has 3 N–H and O–H groups in total. The third kappa shape index (κ3) is 2.88. The first-order chi connectivity index (χ1) is 10.5. The molecule has 0 fully saturated rings. The van der Waals surface area contributed by atoms with Crippen molar-refractivity contribution in [2.24, 2.45) is 5.73 Å². The summed E-state index contributed by atoms with van der Waals surface area (Å²) in [6.07, 6.45) is 3.79. The minimum atomic E-state index is -0.855. The summed E-state index contributed by atoms with van der Waals surface area (Å²) in [5.41, 5.74) is 10.9. The Morgan fingerprint density at radius 3 is 2.59 bits per heavy atom. The van der Waals surface area contributed by atoms with Crippen LogP contribution >= 0.6 is 0 Å². The fraction of sp³-hybridized carbons (Fsp3) is 0.500. The average Bonchev–Trinajstić information content (AvgIpc) is 2.77. The fourth-order valence-electron chi connectivity index (χ4n) is 3.26. The van der Waals surface area contributed by atoms with E-state index in [0.29, 0.717) is 12.1 Å². The zero-order chi connectivity index (χ0) is 16.3. The van der Waals surface area contributed by atoms with Crippen molar-refractivity contribution in [3.63, 3.8) is 0 Å². The predicted molar refractivity (Wildman–Crippen MR) is 90.7 cm³/mol. The molecule has 1 aromatic heterocycles. The van der Waals surface area contributed by atoms with E-state index < -0.39 is 5.97 Å². The van der Waals surface area contributed by atoms with Crippen molar-refractivity contribution < 1.29 is 9.90 Å². The Kier molecular flexibility index (Phi) is 5.24. The second-order valence-electron chi connectivity index (χ2n) is 5.80. The third-order valence-electron chi connectivity index (χ3n) is 4.34. The maximum Gasteiger partial charge on any atom is 0.335 e. The van der Waals surface area contributed by atoms with E-state index in [4.69, 9.17) is 5.73 Å². The third-order valence-corrected chi connectivity index (χ3v) is 4.34. The van der Waals surface area contributed by atoms with Crippen LogP contribution in [0.25, 0.3) is 10.9 Å². The molecule has 0 saturated heterocycles. The first kappa shape index (κ1) is 16.6. The summed E-state index contributed by atoms with van der Waals surface area (Å²) in [6.45, 7) is 7.93. The quantitative estimate of drug-likeness (QED) is 0.822. The lowest BCUT2D eigenvalue weighted by atomic mass is 10.00. The van der Waals surface area contributed by atoms with Gasteiger partial charge in [0.15, 0.2) is 0 Å². The SMILES string of the molecule is CCCc1c(C)n(CCCN)c2c(CC)cc(C(=O)O)cc12. The number of carboxylic acids is 1. The maximum absolute atomic E-state index is 11.4. The van der Waals surface area contributed by atoms with Gasteiger partial charge in [0.2, 0.25) is 0 Å². The summed E-state index contributed by atoms with van der Waals surface area (Å²) in [4.78, 5) is 11.4. The van der Waals surface area contributed by atoms with Gasteiger partial charge in [-0.2, -0.15) is 0 Å². The molecule has 120 valence electrons. The number of carbonyl (C=O) groups is 1. The maximum atomic E-state index is 11.4. The first-order valence-electron chi connectivity index (χ1n) is 8.13. The van der Waals surface area contributed by atoms with Gasteiger partial charge >= 0.3 is 5.97 Å². The second-order valence-corrected chi connectivity index (χ2v) is 5.80. The summed E-state index contributed by atoms with van der Waals surface area (Å²) in [5, 5.41) is 10.5. The van der Waals surface area contributed by atoms with E-state index in [9.17, 15) is 9.90 Å². The lowest BCUT2D eigenvalue weighted by molar-refractivity contribution is 0.0697. The molecule has 4 nitrogen and oxygen atoms in total. The number of rotatable bonds is 7. The molecule has 0 radical (unpaired) electrons. The van der Waals surface area contributed by atoms with Crippen LogP contribution in [0.2, 0.25) is 0 Å². The average molecular weight is 302 g/mol. The van der Waals surface area contributed by atoms with E-state index in [-0.39, 0.29) is 0 Å². The van der Waals surface area contributed by atoms with Crippen LogP contribution in [0.4, 0.5) is 0 Å². The van der Waals surface area contributed by atoms with Gasteiger partial charge in [-0.05, 0) is 56.0 Å². The number of nitrogens with two attached hydrogens (primary N) is 1. The molecule has 1 aromatic carbocycles. The number of benzene rings is 1. The van der Waals surface area contributed by atoms with Crippen LogP contribution in [-0.4, -0.2) is 22.2 Å². The molecular formula is C18H26N2O2. The number of aromatic carboxylic acids is 1. The summed E-state index contributed by atoms with van der Waals surface area (Å²) in [6, 6.07) is 3.66. The highest BCUT2D eigenvalue weighted by Crippen LogP contribution is 2.31. The van der Waals surface area contributed by atoms with Gasteiger partial charge < -0.3 is 15.4 Å². The number of aromatic nitrogens is 1. The fourth-order valence-corrected chi connectivity index (χ4v) is 3.26. The normalized spacial score (nSPS) is 11.3. The van der Waals surface area contributed by atoms with Crippen LogP contribution in [0.5, 0.6) is 0 Å². The van der Waals surface area contributed by atoms with E-state index in [0.717, 1.165) is 43.2 Å². The molecule has 0 saturated carbocycles. The van der Waals surface area contributed by atoms with E-state index >= 15 is 0 Å². The van der Waals surface area contributed by atoms with Crippen LogP contribution in [-0.2, 0) is 19.4 Å². The molecule has 0 aliphatic heterocycles. The van der Waals surface area contributed by atoms with Crippen molar-refractivity contribution >= 4 is 16.9 Å². The number of carboxylic acid groups (broad SMARTS) is 1. The van der Waals surface area contributed by atoms with Gasteiger partial charge in [0, 0.05) is 17.6 Å². The van der Waals surface area contributed by atoms with E-state index in [1.54, 1.807) is 0 Å². The molecule has 4 heteroatoms. The van der Waals surface area contributed by atoms with Gasteiger partial charge in [-0.1, -0.05) is 20.3 Å². The van der Waals surface area contributed by atoms with Crippen molar-refractivity contribution in [1.82, 2.24) is 4.57 Å². The summed E-state index contributed by atoms with van der Waals surface area (Å²) in [5.74, 6) is -0.855. The molecular weight excluding hydrogens is 276 g/mol. The number of aryl methyl sites for hydroxylation is 3. The number of hydrogen-bond acceptors (Lipinski definition) is 2. The van der Waals surface area contributed by atoms with Crippen LogP contribution in [0.1, 0.15) is 53.9 Å². The van der Waals surface area contributed by atoms with Crippen LogP contribution in [0, 0.1) is 6.92 Å². The molecule has 0 bridgehead atoms. The minimum absolute atomic E-state index is 0.387. The van der Waals surface area contributed by atoms with Gasteiger partial charge in [-0.25, -0.2) is 4.79 Å². The standard InChI is InChI=1S/C18H26N2O2/c1-4-7-15-12(3)20(9-6-8-19)17-13(5-2)10-14(18(21)22)11-16(15)17/h10-11H,4-9,19H2,1-3H3,(H,21,22). The summed E-state index contributed by atoms with van der Waals surface area (Å²) >= 11 is 0. The van der Waals surface area contributed by atoms with Gasteiger partial charge in [0.05, 0.1) is 11.1 Å². The molecule has 0 amide bonds. The number of fused-ring (bicyclic) bond motifs is 1. The van der Waals surface area contributed by atoms with Crippen LogP contribution in [0.15, 0.2) is 12.1 Å². The molecule has 1 heterocycles. The molecule has 0 aliphatic rings. The summed E-state index contributed by atoms with van der Waals surface area (Å²) < 4.78 is 2.33. The molecule has 2 aromatic rings. The monoisotopic (exact) mass is 302 g/mol. The van der Waals surface area contributed by atoms with E-state index in [1.807, 2.05) is 12.1 Å². The molecule has 0 atom stereocenters. The van der Waals surface area contributed by atoms with Crippen molar-refractivity contribution in [1.29, 1.82) is 0 Å². The van der Waals surface area contributed by atoms with Crippen LogP contribution < -0.4 is 5.73 Å². The van der Waals surface area contributed by atoms with Crippen molar-refractivity contribution in [3.8, 4) is 0 Å². The highest BCUT2D eigenvalue weighted by atomic mass is 16.4. The smallest absolute Gasteiger partial charge is 0.335 e. The predicted octanol–water partition coefficient (Wildman–Crippen LogP) is 3.51. The van der Waals surface area contributed by atoms with Crippen LogP contribution in [0.3, 0.4) is 0 Å². The second kappa shape index (κ2) is 6.97. The largest absolute Gasteiger partial charge is 0.478 e. The zero-order valence-electron chi connectivity index (χ0n) is 13.8. The van der Waals surface area contributed by atoms with Crippen molar-refractivity contribution in [3.05, 3.63) is 34.5 Å². The van der Waals surface area contributed by atoms with Crippen molar-refractivity contribution in [2.45, 2.75) is 53.0 Å². The number of nitrogens with zero attached hydrogens (tertiary/aromatic N) is 1. The minimum Gasteiger partial charge on any atom is -0.478 e. The van der Waals surface area contributed by atoms with Gasteiger partial charge in [-0.15, -0.1) is 0 Å². The van der Waals surface area contributed by atoms with Gasteiger partial charge in [0.25, 0.3) is 0 Å². The Bertz CT molecular complexity index is 686. The zero-order valence-corrected chi connectivity index (χ0v) is 13.8. The number of hydrogen-bond donors (Lipinski definition) is 2. The molecule has 22 heavy (non-hydrogen) atoms. The Balaban J connectivity index is 2.78. The lowest BCUT2D eigenvalue weighted by Gasteiger charge is -2.11. The molecule has 0 spiro atoms. The highest BCUT2D eigenvalue weighted by molar-refractivity contribution is 5.97. The summed E-state index contributed by atoms with van der Waals surface area (Å²) in [7, 11) is 0. The Morgan fingerprint density at radius 1 is 1.32 bits per heavy atom.